The average molecular weight is 492 g/mol. The number of amides is 1. The van der Waals surface area contributed by atoms with Gasteiger partial charge in [-0.25, -0.2) is 0 Å². The van der Waals surface area contributed by atoms with Gasteiger partial charge in [0.2, 0.25) is 12.7 Å². The molecule has 0 radical (unpaired) electrons. The van der Waals surface area contributed by atoms with Crippen LogP contribution in [0.3, 0.4) is 0 Å². The molecule has 2 heterocycles. The van der Waals surface area contributed by atoms with Gasteiger partial charge in [-0.1, -0.05) is 48.5 Å². The molecular weight excluding hydrogens is 466 g/mol. The van der Waals surface area contributed by atoms with E-state index in [4.69, 9.17) is 18.6 Å². The van der Waals surface area contributed by atoms with Crippen LogP contribution in [0.1, 0.15) is 18.1 Å². The first-order chi connectivity index (χ1) is 18.1. The highest BCUT2D eigenvalue weighted by Crippen LogP contribution is 2.39. The van der Waals surface area contributed by atoms with E-state index >= 15 is 0 Å². The third-order valence-corrected chi connectivity index (χ3v) is 6.65. The number of furan rings is 1. The second-order valence-corrected chi connectivity index (χ2v) is 8.96. The van der Waals surface area contributed by atoms with Gasteiger partial charge >= 0.3 is 0 Å². The maximum absolute atomic E-state index is 12.8. The van der Waals surface area contributed by atoms with Gasteiger partial charge in [0.15, 0.2) is 11.5 Å². The molecule has 0 saturated carbocycles. The molecule has 184 valence electrons. The summed E-state index contributed by atoms with van der Waals surface area (Å²) in [6.45, 7) is 2.50. The maximum Gasteiger partial charge on any atom is 0.244 e. The molecule has 0 atom stereocenters. The third kappa shape index (κ3) is 4.27. The zero-order valence-electron chi connectivity index (χ0n) is 20.5. The van der Waals surface area contributed by atoms with Crippen molar-refractivity contribution in [1.82, 2.24) is 5.32 Å². The zero-order valence-corrected chi connectivity index (χ0v) is 20.5. The van der Waals surface area contributed by atoms with Crippen molar-refractivity contribution < 1.29 is 23.4 Å². The Bertz CT molecular complexity index is 1680. The number of rotatable bonds is 6. The van der Waals surface area contributed by atoms with E-state index in [0.717, 1.165) is 49.9 Å². The van der Waals surface area contributed by atoms with Crippen LogP contribution in [0.5, 0.6) is 17.2 Å². The number of ether oxygens (including phenoxy) is 3. The Balaban J connectivity index is 1.31. The van der Waals surface area contributed by atoms with E-state index in [9.17, 15) is 4.79 Å². The molecule has 4 aromatic carbocycles. The van der Waals surface area contributed by atoms with Crippen molar-refractivity contribution >= 4 is 33.2 Å². The van der Waals surface area contributed by atoms with Crippen LogP contribution < -0.4 is 19.5 Å². The zero-order chi connectivity index (χ0) is 25.4. The normalized spacial score (nSPS) is 12.8. The molecule has 5 aromatic rings. The fourth-order valence-corrected chi connectivity index (χ4v) is 4.77. The number of carbonyl (C=O) groups excluding carboxylic acids is 1. The molecule has 1 aliphatic heterocycles. The lowest BCUT2D eigenvalue weighted by Gasteiger charge is -2.11. The predicted molar refractivity (Wildman–Crippen MR) is 144 cm³/mol. The lowest BCUT2D eigenvalue weighted by Crippen LogP contribution is -2.20. The lowest BCUT2D eigenvalue weighted by atomic mass is 9.96. The van der Waals surface area contributed by atoms with E-state index < -0.39 is 0 Å². The quantitative estimate of drug-likeness (QED) is 0.267. The molecule has 0 aliphatic carbocycles. The number of nitrogens with one attached hydrogen (secondary N) is 1. The first-order valence-electron chi connectivity index (χ1n) is 12.0. The van der Waals surface area contributed by atoms with Gasteiger partial charge in [-0.3, -0.25) is 4.79 Å². The van der Waals surface area contributed by atoms with Gasteiger partial charge < -0.3 is 23.9 Å². The summed E-state index contributed by atoms with van der Waals surface area (Å²) in [5.41, 5.74) is 5.36. The number of fused-ring (bicyclic) bond motifs is 3. The van der Waals surface area contributed by atoms with Crippen LogP contribution in [0, 0.1) is 0 Å². The smallest absolute Gasteiger partial charge is 0.244 e. The van der Waals surface area contributed by atoms with Crippen molar-refractivity contribution in [3.63, 3.8) is 0 Å². The number of hydrogen-bond acceptors (Lipinski definition) is 5. The molecule has 37 heavy (non-hydrogen) atoms. The molecule has 6 heteroatoms. The minimum Gasteiger partial charge on any atom is -0.496 e. The summed E-state index contributed by atoms with van der Waals surface area (Å²) in [4.78, 5) is 12.8. The molecule has 0 saturated heterocycles. The van der Waals surface area contributed by atoms with Crippen LogP contribution in [0.4, 0.5) is 0 Å². The first kappa shape index (κ1) is 22.7. The molecule has 0 unspecified atom stereocenters. The Kier molecular flexibility index (Phi) is 5.77. The molecule has 1 aromatic heterocycles. The van der Waals surface area contributed by atoms with Gasteiger partial charge in [-0.2, -0.15) is 0 Å². The van der Waals surface area contributed by atoms with Crippen molar-refractivity contribution in [2.45, 2.75) is 13.5 Å². The van der Waals surface area contributed by atoms with E-state index in [0.29, 0.717) is 18.0 Å². The summed E-state index contributed by atoms with van der Waals surface area (Å²) in [5, 5.41) is 6.22. The molecule has 1 N–H and O–H groups in total. The standard InChI is InChI=1S/C31H25NO5/c1-19(12-31(33)32-16-20-10-11-27-30(13-20)37-18-36-27)24-14-25-26(17-35-29(25)15-28(24)34-2)23-9-5-7-21-6-3-4-8-22(21)23/h3-15,17H,16,18H2,1-2H3,(H,32,33)/b19-12+. The van der Waals surface area contributed by atoms with E-state index in [2.05, 4.69) is 35.6 Å². The Labute approximate surface area is 214 Å². The molecule has 1 aliphatic rings. The minimum absolute atomic E-state index is 0.196. The number of carbonyl (C=O) groups is 1. The third-order valence-electron chi connectivity index (χ3n) is 6.65. The van der Waals surface area contributed by atoms with E-state index in [1.807, 2.05) is 49.4 Å². The summed E-state index contributed by atoms with van der Waals surface area (Å²) < 4.78 is 22.4. The van der Waals surface area contributed by atoms with Crippen LogP contribution in [0.15, 0.2) is 89.6 Å². The number of methoxy groups -OCH3 is 1. The second kappa shape index (κ2) is 9.39. The lowest BCUT2D eigenvalue weighted by molar-refractivity contribution is -0.116. The second-order valence-electron chi connectivity index (χ2n) is 8.96. The van der Waals surface area contributed by atoms with Crippen LogP contribution in [-0.2, 0) is 11.3 Å². The molecule has 0 bridgehead atoms. The van der Waals surface area contributed by atoms with Crippen LogP contribution in [-0.4, -0.2) is 19.8 Å². The fourth-order valence-electron chi connectivity index (χ4n) is 4.77. The minimum atomic E-state index is -0.196. The average Bonchev–Trinajstić information content (AvgIpc) is 3.57. The van der Waals surface area contributed by atoms with Gasteiger partial charge in [-0.05, 0) is 52.6 Å². The number of hydrogen-bond donors (Lipinski definition) is 1. The van der Waals surface area contributed by atoms with Gasteiger partial charge in [-0.15, -0.1) is 0 Å². The Morgan fingerprint density at radius 3 is 2.68 bits per heavy atom. The molecular formula is C31H25NO5. The summed E-state index contributed by atoms with van der Waals surface area (Å²) in [6.07, 6.45) is 3.38. The highest BCUT2D eigenvalue weighted by molar-refractivity contribution is 6.06. The van der Waals surface area contributed by atoms with Crippen molar-refractivity contribution in [3.05, 3.63) is 96.3 Å². The molecule has 6 rings (SSSR count). The fraction of sp³-hybridized carbons (Fsp3) is 0.129. The maximum atomic E-state index is 12.8. The van der Waals surface area contributed by atoms with Gasteiger partial charge in [0.1, 0.15) is 11.3 Å². The monoisotopic (exact) mass is 491 g/mol. The highest BCUT2D eigenvalue weighted by Gasteiger charge is 2.17. The van der Waals surface area contributed by atoms with E-state index in [-0.39, 0.29) is 12.7 Å². The number of benzene rings is 4. The van der Waals surface area contributed by atoms with Gasteiger partial charge in [0.25, 0.3) is 0 Å². The summed E-state index contributed by atoms with van der Waals surface area (Å²) in [6, 6.07) is 24.1. The Morgan fingerprint density at radius 1 is 0.946 bits per heavy atom. The molecule has 0 fully saturated rings. The summed E-state index contributed by atoms with van der Waals surface area (Å²) in [7, 11) is 1.62. The molecule has 0 spiro atoms. The Morgan fingerprint density at radius 2 is 1.78 bits per heavy atom. The Hall–Kier alpha value is -4.71. The molecule has 6 nitrogen and oxygen atoms in total. The van der Waals surface area contributed by atoms with Crippen LogP contribution in [0.2, 0.25) is 0 Å². The van der Waals surface area contributed by atoms with Crippen LogP contribution in [0.25, 0.3) is 38.4 Å². The highest BCUT2D eigenvalue weighted by atomic mass is 16.7. The largest absolute Gasteiger partial charge is 0.496 e. The van der Waals surface area contributed by atoms with Crippen molar-refractivity contribution in [2.24, 2.45) is 0 Å². The SMILES string of the molecule is COc1cc2occ(-c3cccc4ccccc34)c2cc1/C(C)=C/C(=O)NCc1ccc2c(c1)OCO2. The van der Waals surface area contributed by atoms with E-state index in [1.54, 1.807) is 19.4 Å². The van der Waals surface area contributed by atoms with E-state index in [1.165, 1.54) is 5.39 Å². The summed E-state index contributed by atoms with van der Waals surface area (Å²) in [5.74, 6) is 1.86. The van der Waals surface area contributed by atoms with Crippen molar-refractivity contribution in [1.29, 1.82) is 0 Å². The van der Waals surface area contributed by atoms with Gasteiger partial charge in [0, 0.05) is 35.2 Å². The van der Waals surface area contributed by atoms with Gasteiger partial charge in [0.05, 0.1) is 13.4 Å². The summed E-state index contributed by atoms with van der Waals surface area (Å²) >= 11 is 0. The first-order valence-corrected chi connectivity index (χ1v) is 12.0. The van der Waals surface area contributed by atoms with Crippen LogP contribution >= 0.6 is 0 Å². The topological polar surface area (TPSA) is 69.9 Å². The number of allylic oxidation sites excluding steroid dienone is 1. The van der Waals surface area contributed by atoms with Crippen molar-refractivity contribution in [2.75, 3.05) is 13.9 Å². The predicted octanol–water partition coefficient (Wildman–Crippen LogP) is 6.71. The molecule has 1 amide bonds. The van der Waals surface area contributed by atoms with Crippen molar-refractivity contribution in [3.8, 4) is 28.4 Å².